The number of likely N-dealkylation sites (tertiary alicyclic amines) is 1. The number of hydrogen-bond acceptors (Lipinski definition) is 3. The Morgan fingerprint density at radius 3 is 2.52 bits per heavy atom. The van der Waals surface area contributed by atoms with Crippen LogP contribution in [0.4, 0.5) is 13.2 Å². The van der Waals surface area contributed by atoms with Crippen molar-refractivity contribution in [1.29, 1.82) is 0 Å². The number of carbonyl (C=O) groups excluding carboxylic acids is 2. The minimum Gasteiger partial charge on any atom is -0.486 e. The first-order valence-electron chi connectivity index (χ1n) is 9.16. The molecule has 4 rings (SSSR count). The zero-order valence-electron chi connectivity index (χ0n) is 15.5. The molecule has 1 saturated heterocycles. The number of ether oxygens (including phenoxy) is 1. The van der Waals surface area contributed by atoms with E-state index in [1.165, 1.54) is 4.90 Å². The first-order valence-corrected chi connectivity index (χ1v) is 9.54. The predicted octanol–water partition coefficient (Wildman–Crippen LogP) is 4.71. The molecule has 1 fully saturated rings. The Morgan fingerprint density at radius 1 is 1.14 bits per heavy atom. The van der Waals surface area contributed by atoms with Gasteiger partial charge in [-0.1, -0.05) is 11.6 Å². The summed E-state index contributed by atoms with van der Waals surface area (Å²) in [6.45, 7) is 2.21. The van der Waals surface area contributed by atoms with Crippen LogP contribution in [0.15, 0.2) is 24.3 Å². The van der Waals surface area contributed by atoms with E-state index in [9.17, 15) is 22.8 Å². The third kappa shape index (κ3) is 3.37. The van der Waals surface area contributed by atoms with E-state index in [0.717, 1.165) is 17.7 Å². The third-order valence-electron chi connectivity index (χ3n) is 5.57. The highest BCUT2D eigenvalue weighted by atomic mass is 35.5. The zero-order chi connectivity index (χ0) is 20.9. The number of nitrogens with zero attached hydrogens (tertiary/aromatic N) is 1. The van der Waals surface area contributed by atoms with E-state index >= 15 is 0 Å². The van der Waals surface area contributed by atoms with Crippen molar-refractivity contribution >= 4 is 23.3 Å². The lowest BCUT2D eigenvalue weighted by Crippen LogP contribution is -2.52. The molecule has 2 aliphatic rings. The number of Topliss-reactive ketones (excluding diaryl/α,β-unsaturated/α-hetero) is 1. The lowest BCUT2D eigenvalue weighted by atomic mass is 9.82. The molecule has 0 saturated carbocycles. The molecule has 0 unspecified atom stereocenters. The second-order valence-electron chi connectivity index (χ2n) is 7.50. The number of benzene rings is 2. The van der Waals surface area contributed by atoms with E-state index < -0.39 is 34.5 Å². The number of ketones is 1. The van der Waals surface area contributed by atoms with Gasteiger partial charge in [0.15, 0.2) is 23.2 Å². The largest absolute Gasteiger partial charge is 0.486 e. The van der Waals surface area contributed by atoms with Crippen molar-refractivity contribution in [3.8, 4) is 5.75 Å². The number of amides is 1. The number of carbonyl (C=O) groups is 2. The second-order valence-corrected chi connectivity index (χ2v) is 7.94. The molecule has 2 aromatic rings. The molecule has 0 bridgehead atoms. The summed E-state index contributed by atoms with van der Waals surface area (Å²) in [7, 11) is 0. The number of aryl methyl sites for hydroxylation is 1. The van der Waals surface area contributed by atoms with Crippen LogP contribution in [0, 0.1) is 24.4 Å². The first kappa shape index (κ1) is 19.8. The lowest BCUT2D eigenvalue weighted by molar-refractivity contribution is -0.00628. The number of fused-ring (bicyclic) bond motifs is 1. The van der Waals surface area contributed by atoms with Gasteiger partial charge in [0.05, 0.1) is 17.5 Å². The fourth-order valence-electron chi connectivity index (χ4n) is 3.97. The third-order valence-corrected chi connectivity index (χ3v) is 5.79. The first-order chi connectivity index (χ1) is 13.7. The Hall–Kier alpha value is -2.54. The average molecular weight is 424 g/mol. The van der Waals surface area contributed by atoms with E-state index in [0.29, 0.717) is 29.2 Å². The van der Waals surface area contributed by atoms with E-state index in [-0.39, 0.29) is 25.3 Å². The van der Waals surface area contributed by atoms with Crippen LogP contribution in [-0.4, -0.2) is 35.3 Å². The molecule has 0 atom stereocenters. The summed E-state index contributed by atoms with van der Waals surface area (Å²) in [4.78, 5) is 26.6. The summed E-state index contributed by atoms with van der Waals surface area (Å²) in [5.41, 5.74) is -0.0759. The maximum atomic E-state index is 14.0. The molecule has 1 amide bonds. The molecule has 2 heterocycles. The molecule has 8 heteroatoms. The molecule has 0 aliphatic carbocycles. The number of piperidine rings is 1. The Labute approximate surface area is 170 Å². The summed E-state index contributed by atoms with van der Waals surface area (Å²) < 4.78 is 46.8. The summed E-state index contributed by atoms with van der Waals surface area (Å²) in [5.74, 6) is -4.82. The van der Waals surface area contributed by atoms with Crippen LogP contribution >= 0.6 is 11.6 Å². The quantitative estimate of drug-likeness (QED) is 0.624. The van der Waals surface area contributed by atoms with Gasteiger partial charge < -0.3 is 9.64 Å². The van der Waals surface area contributed by atoms with Crippen LogP contribution in [0.25, 0.3) is 0 Å². The van der Waals surface area contributed by atoms with Crippen molar-refractivity contribution in [2.24, 2.45) is 0 Å². The molecular formula is C21H17ClF3NO3. The topological polar surface area (TPSA) is 46.6 Å². The maximum absolute atomic E-state index is 14.0. The predicted molar refractivity (Wildman–Crippen MR) is 99.9 cm³/mol. The molecule has 4 nitrogen and oxygen atoms in total. The number of hydrogen-bond donors (Lipinski definition) is 0. The highest BCUT2D eigenvalue weighted by Crippen LogP contribution is 2.42. The van der Waals surface area contributed by atoms with Gasteiger partial charge >= 0.3 is 0 Å². The second kappa shape index (κ2) is 7.06. The Bertz CT molecular complexity index is 1030. The van der Waals surface area contributed by atoms with Crippen molar-refractivity contribution < 1.29 is 27.5 Å². The van der Waals surface area contributed by atoms with Crippen molar-refractivity contribution in [2.75, 3.05) is 13.1 Å². The molecule has 0 N–H and O–H groups in total. The van der Waals surface area contributed by atoms with Crippen LogP contribution < -0.4 is 4.74 Å². The highest BCUT2D eigenvalue weighted by Gasteiger charge is 2.44. The molecule has 1 spiro atoms. The van der Waals surface area contributed by atoms with Crippen LogP contribution in [0.3, 0.4) is 0 Å². The highest BCUT2D eigenvalue weighted by molar-refractivity contribution is 6.31. The molecule has 2 aliphatic heterocycles. The van der Waals surface area contributed by atoms with E-state index in [1.807, 2.05) is 6.92 Å². The van der Waals surface area contributed by atoms with E-state index in [2.05, 4.69) is 0 Å². The number of rotatable bonds is 1. The molecule has 152 valence electrons. The van der Waals surface area contributed by atoms with E-state index in [4.69, 9.17) is 16.3 Å². The molecule has 29 heavy (non-hydrogen) atoms. The minimum atomic E-state index is -1.67. The Balaban J connectivity index is 1.53. The summed E-state index contributed by atoms with van der Waals surface area (Å²) >= 11 is 6.04. The normalized spacial score (nSPS) is 17.8. The van der Waals surface area contributed by atoms with Crippen LogP contribution in [0.5, 0.6) is 5.75 Å². The fourth-order valence-corrected chi connectivity index (χ4v) is 4.24. The van der Waals surface area contributed by atoms with Crippen molar-refractivity contribution in [1.82, 2.24) is 4.90 Å². The summed E-state index contributed by atoms with van der Waals surface area (Å²) in [6, 6.07) is 4.97. The maximum Gasteiger partial charge on any atom is 0.256 e. The van der Waals surface area contributed by atoms with E-state index in [1.54, 1.807) is 12.1 Å². The molecule has 0 radical (unpaired) electrons. The summed E-state index contributed by atoms with van der Waals surface area (Å²) in [5, 5.41) is 0.461. The van der Waals surface area contributed by atoms with Gasteiger partial charge in [-0.2, -0.15) is 0 Å². The standard InChI is InChI=1S/C21H17ClF3NO3/c1-11-8-12(22)9-14-16(27)10-21(29-19(11)14)4-6-26(7-5-21)20(28)13-2-3-15(23)18(25)17(13)24/h2-3,8-9H,4-7,10H2,1H3. The van der Waals surface area contributed by atoms with Crippen molar-refractivity contribution in [2.45, 2.75) is 31.8 Å². The van der Waals surface area contributed by atoms with Crippen molar-refractivity contribution in [3.05, 3.63) is 63.4 Å². The molecular weight excluding hydrogens is 407 g/mol. The van der Waals surface area contributed by atoms with Gasteiger partial charge in [0, 0.05) is 31.0 Å². The van der Waals surface area contributed by atoms with Crippen LogP contribution in [0.1, 0.15) is 45.5 Å². The van der Waals surface area contributed by atoms with Gasteiger partial charge in [0.1, 0.15) is 11.4 Å². The van der Waals surface area contributed by atoms with Crippen molar-refractivity contribution in [3.63, 3.8) is 0 Å². The minimum absolute atomic E-state index is 0.0803. The molecule has 0 aromatic heterocycles. The Kier molecular flexibility index (Phi) is 4.81. The van der Waals surface area contributed by atoms with Gasteiger partial charge in [-0.3, -0.25) is 9.59 Å². The summed E-state index contributed by atoms with van der Waals surface area (Å²) in [6.07, 6.45) is 0.871. The van der Waals surface area contributed by atoms with Gasteiger partial charge in [0.2, 0.25) is 0 Å². The van der Waals surface area contributed by atoms with Crippen LogP contribution in [0.2, 0.25) is 5.02 Å². The zero-order valence-corrected chi connectivity index (χ0v) is 16.3. The fraction of sp³-hybridized carbons (Fsp3) is 0.333. The average Bonchev–Trinajstić information content (AvgIpc) is 2.68. The van der Waals surface area contributed by atoms with Gasteiger partial charge in [0.25, 0.3) is 5.91 Å². The monoisotopic (exact) mass is 423 g/mol. The Morgan fingerprint density at radius 2 is 1.83 bits per heavy atom. The van der Waals surface area contributed by atoms with Crippen LogP contribution in [-0.2, 0) is 0 Å². The smallest absolute Gasteiger partial charge is 0.256 e. The lowest BCUT2D eigenvalue weighted by Gasteiger charge is -2.44. The van der Waals surface area contributed by atoms with Gasteiger partial charge in [-0.15, -0.1) is 0 Å². The SMILES string of the molecule is Cc1cc(Cl)cc2c1OC1(CCN(C(=O)c3ccc(F)c(F)c3F)CC1)CC2=O. The number of halogens is 4. The molecule has 2 aromatic carbocycles. The van der Waals surface area contributed by atoms with Gasteiger partial charge in [-0.05, 0) is 36.8 Å². The van der Waals surface area contributed by atoms with Gasteiger partial charge in [-0.25, -0.2) is 13.2 Å².